The molecule has 0 spiro atoms. The Balaban J connectivity index is 2.75. The summed E-state index contributed by atoms with van der Waals surface area (Å²) >= 11 is 5.52. The lowest BCUT2D eigenvalue weighted by Gasteiger charge is -2.06. The summed E-state index contributed by atoms with van der Waals surface area (Å²) in [6, 6.07) is 2.55. The lowest BCUT2D eigenvalue weighted by molar-refractivity contribution is -0.137. The monoisotopic (exact) mass is 232 g/mol. The SMILES string of the molecule is O=C(O)CCCc1c(O)ccc(Cl)c1F. The highest BCUT2D eigenvalue weighted by molar-refractivity contribution is 6.30. The number of carbonyl (C=O) groups is 1. The first kappa shape index (κ1) is 11.8. The molecule has 0 aliphatic heterocycles. The first-order valence-electron chi connectivity index (χ1n) is 4.40. The predicted molar refractivity (Wildman–Crippen MR) is 53.6 cm³/mol. The molecule has 0 fully saturated rings. The van der Waals surface area contributed by atoms with Gasteiger partial charge in [-0.05, 0) is 25.0 Å². The van der Waals surface area contributed by atoms with E-state index in [1.807, 2.05) is 0 Å². The van der Waals surface area contributed by atoms with Crippen LogP contribution in [-0.2, 0) is 11.2 Å². The molecule has 15 heavy (non-hydrogen) atoms. The van der Waals surface area contributed by atoms with Gasteiger partial charge in [0, 0.05) is 12.0 Å². The lowest BCUT2D eigenvalue weighted by Crippen LogP contribution is -1.98. The molecule has 3 nitrogen and oxygen atoms in total. The molecule has 0 amide bonds. The number of carboxylic acids is 1. The number of aromatic hydroxyl groups is 1. The van der Waals surface area contributed by atoms with Crippen LogP contribution in [0, 0.1) is 5.82 Å². The number of phenols is 1. The van der Waals surface area contributed by atoms with Crippen molar-refractivity contribution in [1.29, 1.82) is 0 Å². The van der Waals surface area contributed by atoms with Gasteiger partial charge in [-0.15, -0.1) is 0 Å². The van der Waals surface area contributed by atoms with Gasteiger partial charge in [0.1, 0.15) is 11.6 Å². The average Bonchev–Trinajstić information content (AvgIpc) is 2.17. The van der Waals surface area contributed by atoms with E-state index in [0.717, 1.165) is 0 Å². The molecule has 2 N–H and O–H groups in total. The highest BCUT2D eigenvalue weighted by atomic mass is 35.5. The van der Waals surface area contributed by atoms with Gasteiger partial charge < -0.3 is 10.2 Å². The van der Waals surface area contributed by atoms with Crippen LogP contribution < -0.4 is 0 Å². The highest BCUT2D eigenvalue weighted by Crippen LogP contribution is 2.27. The molecule has 0 saturated carbocycles. The van der Waals surface area contributed by atoms with E-state index in [0.29, 0.717) is 0 Å². The molecule has 1 aromatic carbocycles. The second kappa shape index (κ2) is 4.98. The topological polar surface area (TPSA) is 57.5 Å². The smallest absolute Gasteiger partial charge is 0.303 e. The molecular weight excluding hydrogens is 223 g/mol. The molecule has 0 heterocycles. The minimum Gasteiger partial charge on any atom is -0.508 e. The molecular formula is C10H10ClFO3. The molecule has 0 atom stereocenters. The standard InChI is InChI=1S/C10H10ClFO3/c11-7-4-5-8(13)6(10(7)12)2-1-3-9(14)15/h4-5,13H,1-3H2,(H,14,15). The molecule has 1 rings (SSSR count). The number of carboxylic acid groups (broad SMARTS) is 1. The summed E-state index contributed by atoms with van der Waals surface area (Å²) in [6.45, 7) is 0. The van der Waals surface area contributed by atoms with Gasteiger partial charge in [0.15, 0.2) is 0 Å². The van der Waals surface area contributed by atoms with Gasteiger partial charge in [-0.1, -0.05) is 11.6 Å². The first-order chi connectivity index (χ1) is 7.02. The molecule has 82 valence electrons. The summed E-state index contributed by atoms with van der Waals surface area (Å²) in [6.07, 6.45) is 0.357. The molecule has 0 aliphatic rings. The molecule has 5 heteroatoms. The van der Waals surface area contributed by atoms with Crippen molar-refractivity contribution in [3.63, 3.8) is 0 Å². The number of aliphatic carboxylic acids is 1. The van der Waals surface area contributed by atoms with E-state index in [1.54, 1.807) is 0 Å². The van der Waals surface area contributed by atoms with Crippen molar-refractivity contribution in [3.05, 3.63) is 28.5 Å². The molecule has 1 aromatic rings. The third-order valence-electron chi connectivity index (χ3n) is 1.99. The van der Waals surface area contributed by atoms with E-state index in [4.69, 9.17) is 16.7 Å². The predicted octanol–water partition coefficient (Wildman–Crippen LogP) is 2.59. The van der Waals surface area contributed by atoms with Gasteiger partial charge in [0.25, 0.3) is 0 Å². The maximum Gasteiger partial charge on any atom is 0.303 e. The van der Waals surface area contributed by atoms with Gasteiger partial charge >= 0.3 is 5.97 Å². The molecule has 0 aliphatic carbocycles. The second-order valence-corrected chi connectivity index (χ2v) is 3.51. The highest BCUT2D eigenvalue weighted by Gasteiger charge is 2.11. The van der Waals surface area contributed by atoms with Crippen LogP contribution in [0.25, 0.3) is 0 Å². The van der Waals surface area contributed by atoms with Crippen LogP contribution in [0.4, 0.5) is 4.39 Å². The van der Waals surface area contributed by atoms with E-state index >= 15 is 0 Å². The fourth-order valence-electron chi connectivity index (χ4n) is 1.24. The van der Waals surface area contributed by atoms with Gasteiger partial charge in [-0.2, -0.15) is 0 Å². The molecule has 0 unspecified atom stereocenters. The van der Waals surface area contributed by atoms with Crippen LogP contribution in [0.3, 0.4) is 0 Å². The van der Waals surface area contributed by atoms with Gasteiger partial charge in [0.2, 0.25) is 0 Å². The molecule has 0 radical (unpaired) electrons. The largest absolute Gasteiger partial charge is 0.508 e. The number of phenolic OH excluding ortho intramolecular Hbond substituents is 1. The van der Waals surface area contributed by atoms with Crippen LogP contribution in [0.1, 0.15) is 18.4 Å². The Kier molecular flexibility index (Phi) is 3.91. The zero-order valence-corrected chi connectivity index (χ0v) is 8.59. The van der Waals surface area contributed by atoms with Crippen LogP contribution in [0.2, 0.25) is 5.02 Å². The summed E-state index contributed by atoms with van der Waals surface area (Å²) in [5.74, 6) is -1.82. The fourth-order valence-corrected chi connectivity index (χ4v) is 1.41. The Labute approximate surface area is 91.1 Å². The van der Waals surface area contributed by atoms with E-state index in [9.17, 15) is 14.3 Å². The fraction of sp³-hybridized carbons (Fsp3) is 0.300. The number of halogens is 2. The third kappa shape index (κ3) is 3.09. The van der Waals surface area contributed by atoms with Gasteiger partial charge in [0.05, 0.1) is 5.02 Å². The van der Waals surface area contributed by atoms with Crippen LogP contribution >= 0.6 is 11.6 Å². The van der Waals surface area contributed by atoms with Crippen LogP contribution in [-0.4, -0.2) is 16.2 Å². The zero-order chi connectivity index (χ0) is 11.4. The lowest BCUT2D eigenvalue weighted by atomic mass is 10.1. The summed E-state index contributed by atoms with van der Waals surface area (Å²) < 4.78 is 13.3. The number of hydrogen-bond donors (Lipinski definition) is 2. The van der Waals surface area contributed by atoms with Crippen molar-refractivity contribution in [3.8, 4) is 5.75 Å². The minimum atomic E-state index is -0.947. The van der Waals surface area contributed by atoms with Crippen molar-refractivity contribution in [2.75, 3.05) is 0 Å². The van der Waals surface area contributed by atoms with E-state index in [2.05, 4.69) is 0 Å². The number of benzene rings is 1. The Morgan fingerprint density at radius 2 is 2.13 bits per heavy atom. The molecule has 0 bridgehead atoms. The van der Waals surface area contributed by atoms with Crippen molar-refractivity contribution in [2.24, 2.45) is 0 Å². The maximum atomic E-state index is 13.3. The summed E-state index contributed by atoms with van der Waals surface area (Å²) in [7, 11) is 0. The summed E-state index contributed by atoms with van der Waals surface area (Å²) in [5.41, 5.74) is 0.0729. The van der Waals surface area contributed by atoms with E-state index in [1.165, 1.54) is 12.1 Å². The average molecular weight is 233 g/mol. The normalized spacial score (nSPS) is 10.3. The van der Waals surface area contributed by atoms with Gasteiger partial charge in [-0.25, -0.2) is 4.39 Å². The molecule has 0 saturated heterocycles. The Morgan fingerprint density at radius 1 is 1.47 bits per heavy atom. The zero-order valence-electron chi connectivity index (χ0n) is 7.83. The van der Waals surface area contributed by atoms with Crippen molar-refractivity contribution in [2.45, 2.75) is 19.3 Å². The number of rotatable bonds is 4. The Bertz CT molecular complexity index is 379. The summed E-state index contributed by atoms with van der Waals surface area (Å²) in [4.78, 5) is 10.2. The summed E-state index contributed by atoms with van der Waals surface area (Å²) in [5, 5.41) is 17.7. The minimum absolute atomic E-state index is 0.0641. The first-order valence-corrected chi connectivity index (χ1v) is 4.78. The van der Waals surface area contributed by atoms with Crippen molar-refractivity contribution in [1.82, 2.24) is 0 Å². The second-order valence-electron chi connectivity index (χ2n) is 3.11. The van der Waals surface area contributed by atoms with Crippen molar-refractivity contribution < 1.29 is 19.4 Å². The van der Waals surface area contributed by atoms with Crippen LogP contribution in [0.5, 0.6) is 5.75 Å². The maximum absolute atomic E-state index is 13.3. The number of hydrogen-bond acceptors (Lipinski definition) is 2. The van der Waals surface area contributed by atoms with Gasteiger partial charge in [-0.3, -0.25) is 4.79 Å². The van der Waals surface area contributed by atoms with E-state index in [-0.39, 0.29) is 35.6 Å². The van der Waals surface area contributed by atoms with E-state index < -0.39 is 11.8 Å². The van der Waals surface area contributed by atoms with Crippen molar-refractivity contribution >= 4 is 17.6 Å². The quantitative estimate of drug-likeness (QED) is 0.839. The Hall–Kier alpha value is -1.29. The third-order valence-corrected chi connectivity index (χ3v) is 2.28. The Morgan fingerprint density at radius 3 is 2.73 bits per heavy atom. The van der Waals surface area contributed by atoms with Crippen LogP contribution in [0.15, 0.2) is 12.1 Å². The molecule has 0 aromatic heterocycles.